The standard InChI is InChI=1S/C9H11F3N2O2/c1-13-8(9(10,11)12)6-7(16)5(15)3-4-14(6)2/h3-4,8,13,16H,1-2H3. The molecule has 2 N–H and O–H groups in total. The normalized spacial score (nSPS) is 13.8. The van der Waals surface area contributed by atoms with Crippen molar-refractivity contribution >= 4 is 0 Å². The van der Waals surface area contributed by atoms with Crippen molar-refractivity contribution in [1.29, 1.82) is 0 Å². The van der Waals surface area contributed by atoms with Crippen molar-refractivity contribution < 1.29 is 18.3 Å². The molecule has 1 aromatic rings. The molecule has 0 saturated carbocycles. The first kappa shape index (κ1) is 12.6. The summed E-state index contributed by atoms with van der Waals surface area (Å²) in [5.74, 6) is -0.887. The fourth-order valence-corrected chi connectivity index (χ4v) is 1.43. The molecule has 16 heavy (non-hydrogen) atoms. The number of nitrogens with zero attached hydrogens (tertiary/aromatic N) is 1. The van der Waals surface area contributed by atoms with Gasteiger partial charge in [0.25, 0.3) is 0 Å². The second-order valence-electron chi connectivity index (χ2n) is 3.29. The van der Waals surface area contributed by atoms with Gasteiger partial charge >= 0.3 is 6.18 Å². The molecule has 1 heterocycles. The summed E-state index contributed by atoms with van der Waals surface area (Å²) in [5, 5.41) is 11.4. The predicted octanol–water partition coefficient (Wildman–Crippen LogP) is 0.914. The summed E-state index contributed by atoms with van der Waals surface area (Å²) in [6.07, 6.45) is -3.41. The molecular formula is C9H11F3N2O2. The van der Waals surface area contributed by atoms with E-state index in [1.54, 1.807) is 0 Å². The van der Waals surface area contributed by atoms with Crippen molar-refractivity contribution in [1.82, 2.24) is 9.88 Å². The van der Waals surface area contributed by atoms with Gasteiger partial charge in [0.05, 0.1) is 5.69 Å². The third kappa shape index (κ3) is 2.19. The minimum atomic E-state index is -4.59. The topological polar surface area (TPSA) is 54.3 Å². The molecule has 4 nitrogen and oxygen atoms in total. The van der Waals surface area contributed by atoms with E-state index in [2.05, 4.69) is 0 Å². The van der Waals surface area contributed by atoms with E-state index in [0.717, 1.165) is 17.7 Å². The van der Waals surface area contributed by atoms with Crippen LogP contribution in [0.1, 0.15) is 11.7 Å². The lowest BCUT2D eigenvalue weighted by Crippen LogP contribution is -2.34. The highest BCUT2D eigenvalue weighted by Crippen LogP contribution is 2.34. The van der Waals surface area contributed by atoms with E-state index < -0.39 is 29.1 Å². The molecule has 0 spiro atoms. The predicted molar refractivity (Wildman–Crippen MR) is 51.2 cm³/mol. The zero-order valence-corrected chi connectivity index (χ0v) is 8.67. The van der Waals surface area contributed by atoms with E-state index in [9.17, 15) is 23.1 Å². The Hall–Kier alpha value is -1.50. The molecule has 7 heteroatoms. The zero-order chi connectivity index (χ0) is 12.5. The SMILES string of the molecule is CNC(c1c(O)c(=O)ccn1C)C(F)(F)F. The monoisotopic (exact) mass is 236 g/mol. The second kappa shape index (κ2) is 4.17. The van der Waals surface area contributed by atoms with Crippen LogP contribution in [0, 0.1) is 0 Å². The number of hydrogen-bond acceptors (Lipinski definition) is 3. The van der Waals surface area contributed by atoms with E-state index in [-0.39, 0.29) is 0 Å². The minimum Gasteiger partial charge on any atom is -0.503 e. The molecule has 1 atom stereocenters. The summed E-state index contributed by atoms with van der Waals surface area (Å²) in [6.45, 7) is 0. The first-order chi connectivity index (χ1) is 7.29. The lowest BCUT2D eigenvalue weighted by molar-refractivity contribution is -0.158. The van der Waals surface area contributed by atoms with Crippen LogP contribution in [0.25, 0.3) is 0 Å². The number of hydrogen-bond donors (Lipinski definition) is 2. The smallest absolute Gasteiger partial charge is 0.409 e. The minimum absolute atomic E-state index is 0.498. The molecular weight excluding hydrogens is 225 g/mol. The molecule has 0 aliphatic rings. The Bertz CT molecular complexity index is 439. The molecule has 1 unspecified atom stereocenters. The summed E-state index contributed by atoms with van der Waals surface area (Å²) in [7, 11) is 2.43. The van der Waals surface area contributed by atoms with Crippen LogP contribution in [0.4, 0.5) is 13.2 Å². The van der Waals surface area contributed by atoms with Crippen LogP contribution in [0.5, 0.6) is 5.75 Å². The highest BCUT2D eigenvalue weighted by atomic mass is 19.4. The number of alkyl halides is 3. The number of aromatic hydroxyl groups is 1. The molecule has 1 aromatic heterocycles. The lowest BCUT2D eigenvalue weighted by Gasteiger charge is -2.22. The average molecular weight is 236 g/mol. The quantitative estimate of drug-likeness (QED) is 0.802. The van der Waals surface area contributed by atoms with Crippen LogP contribution in [-0.2, 0) is 7.05 Å². The largest absolute Gasteiger partial charge is 0.503 e. The van der Waals surface area contributed by atoms with Gasteiger partial charge in [-0.1, -0.05) is 0 Å². The van der Waals surface area contributed by atoms with Crippen LogP contribution in [0.3, 0.4) is 0 Å². The maximum atomic E-state index is 12.6. The average Bonchev–Trinajstić information content (AvgIpc) is 2.16. The number of halogens is 3. The highest BCUT2D eigenvalue weighted by Gasteiger charge is 2.42. The van der Waals surface area contributed by atoms with E-state index in [0.29, 0.717) is 0 Å². The zero-order valence-electron chi connectivity index (χ0n) is 8.67. The van der Waals surface area contributed by atoms with Gasteiger partial charge in [-0.3, -0.25) is 4.79 Å². The van der Waals surface area contributed by atoms with E-state index >= 15 is 0 Å². The van der Waals surface area contributed by atoms with Gasteiger partial charge in [0.1, 0.15) is 6.04 Å². The van der Waals surface area contributed by atoms with Gasteiger partial charge in [-0.15, -0.1) is 0 Å². The maximum Gasteiger partial charge on any atom is 0.409 e. The Kier molecular flexibility index (Phi) is 3.27. The molecule has 0 aromatic carbocycles. The Morgan fingerprint density at radius 1 is 1.50 bits per heavy atom. The molecule has 0 radical (unpaired) electrons. The van der Waals surface area contributed by atoms with Gasteiger partial charge in [0.2, 0.25) is 5.43 Å². The Labute approximate surface area is 89.3 Å². The Morgan fingerprint density at radius 3 is 2.50 bits per heavy atom. The summed E-state index contributed by atoms with van der Waals surface area (Å²) in [5.41, 5.74) is -1.33. The number of nitrogens with one attached hydrogen (secondary N) is 1. The molecule has 0 bridgehead atoms. The molecule has 0 amide bonds. The van der Waals surface area contributed by atoms with Crippen molar-refractivity contribution in [2.75, 3.05) is 7.05 Å². The summed E-state index contributed by atoms with van der Waals surface area (Å²) >= 11 is 0. The molecule has 0 fully saturated rings. The lowest BCUT2D eigenvalue weighted by atomic mass is 10.1. The van der Waals surface area contributed by atoms with Gasteiger partial charge in [-0.05, 0) is 7.05 Å². The summed E-state index contributed by atoms with van der Waals surface area (Å²) in [4.78, 5) is 11.1. The maximum absolute atomic E-state index is 12.6. The van der Waals surface area contributed by atoms with Gasteiger partial charge < -0.3 is 15.0 Å². The van der Waals surface area contributed by atoms with Crippen molar-refractivity contribution in [3.8, 4) is 5.75 Å². The number of rotatable bonds is 2. The Balaban J connectivity index is 3.41. The van der Waals surface area contributed by atoms with Gasteiger partial charge in [0.15, 0.2) is 5.75 Å². The summed E-state index contributed by atoms with van der Waals surface area (Å²) in [6, 6.07) is -1.08. The fourth-order valence-electron chi connectivity index (χ4n) is 1.43. The molecule has 0 aliphatic heterocycles. The highest BCUT2D eigenvalue weighted by molar-refractivity contribution is 5.30. The van der Waals surface area contributed by atoms with Crippen molar-refractivity contribution in [3.05, 3.63) is 28.2 Å². The van der Waals surface area contributed by atoms with E-state index in [4.69, 9.17) is 0 Å². The van der Waals surface area contributed by atoms with Crippen LogP contribution >= 0.6 is 0 Å². The van der Waals surface area contributed by atoms with Gasteiger partial charge in [-0.2, -0.15) is 13.2 Å². The molecule has 90 valence electrons. The number of aryl methyl sites for hydroxylation is 1. The van der Waals surface area contributed by atoms with E-state index in [1.165, 1.54) is 13.2 Å². The first-order valence-electron chi connectivity index (χ1n) is 4.41. The fraction of sp³-hybridized carbons (Fsp3) is 0.444. The summed E-state index contributed by atoms with van der Waals surface area (Å²) < 4.78 is 38.9. The van der Waals surface area contributed by atoms with Crippen molar-refractivity contribution in [2.24, 2.45) is 7.05 Å². The third-order valence-corrected chi connectivity index (χ3v) is 2.19. The van der Waals surface area contributed by atoms with E-state index in [1.807, 2.05) is 5.32 Å². The van der Waals surface area contributed by atoms with Crippen LogP contribution < -0.4 is 10.7 Å². The Morgan fingerprint density at radius 2 is 2.06 bits per heavy atom. The number of aromatic nitrogens is 1. The molecule has 0 aliphatic carbocycles. The second-order valence-corrected chi connectivity index (χ2v) is 3.29. The van der Waals surface area contributed by atoms with Crippen LogP contribution in [0.15, 0.2) is 17.1 Å². The molecule has 1 rings (SSSR count). The molecule has 0 saturated heterocycles. The first-order valence-corrected chi connectivity index (χ1v) is 4.41. The van der Waals surface area contributed by atoms with Gasteiger partial charge in [0, 0.05) is 19.3 Å². The van der Waals surface area contributed by atoms with Crippen molar-refractivity contribution in [3.63, 3.8) is 0 Å². The van der Waals surface area contributed by atoms with Crippen molar-refractivity contribution in [2.45, 2.75) is 12.2 Å². The number of pyridine rings is 1. The third-order valence-electron chi connectivity index (χ3n) is 2.19. The van der Waals surface area contributed by atoms with Crippen LogP contribution in [0.2, 0.25) is 0 Å². The van der Waals surface area contributed by atoms with Crippen LogP contribution in [-0.4, -0.2) is 22.9 Å². The van der Waals surface area contributed by atoms with Gasteiger partial charge in [-0.25, -0.2) is 0 Å².